The topological polar surface area (TPSA) is 97.6 Å². The molecule has 1 saturated heterocycles. The zero-order chi connectivity index (χ0) is 24.9. The molecule has 4 heterocycles. The molecule has 2 N–H and O–H groups in total. The van der Waals surface area contributed by atoms with Crippen LogP contribution in [0.2, 0.25) is 0 Å². The fraction of sp³-hybridized carbons (Fsp3) is 0.321. The summed E-state index contributed by atoms with van der Waals surface area (Å²) in [6.45, 7) is 6.19. The van der Waals surface area contributed by atoms with Crippen LogP contribution in [0.4, 0.5) is 11.6 Å². The number of hydrogen-bond acceptors (Lipinski definition) is 7. The summed E-state index contributed by atoms with van der Waals surface area (Å²) >= 11 is 0. The molecule has 36 heavy (non-hydrogen) atoms. The van der Waals surface area contributed by atoms with Crippen LogP contribution < -0.4 is 16.2 Å². The number of benzene rings is 1. The van der Waals surface area contributed by atoms with E-state index in [9.17, 15) is 4.79 Å². The molecule has 5 rings (SSSR count). The SMILES string of the molecule is CC#Cc1cc2cnc(Nc3ccc(C4CCNCC4)cc3)nc2n(Cc2cncnc2CC)c1=O. The molecule has 8 heteroatoms. The summed E-state index contributed by atoms with van der Waals surface area (Å²) in [6.07, 6.45) is 8.08. The van der Waals surface area contributed by atoms with Gasteiger partial charge in [0.15, 0.2) is 0 Å². The van der Waals surface area contributed by atoms with Crippen LogP contribution in [0.5, 0.6) is 0 Å². The van der Waals surface area contributed by atoms with Crippen LogP contribution in [0.15, 0.2) is 53.8 Å². The lowest BCUT2D eigenvalue weighted by Crippen LogP contribution is -2.26. The molecule has 0 aliphatic carbocycles. The molecule has 0 radical (unpaired) electrons. The number of hydrogen-bond donors (Lipinski definition) is 2. The van der Waals surface area contributed by atoms with E-state index in [0.717, 1.165) is 54.7 Å². The Balaban J connectivity index is 1.50. The lowest BCUT2D eigenvalue weighted by molar-refractivity contribution is 0.460. The Morgan fingerprint density at radius 3 is 2.69 bits per heavy atom. The number of piperidine rings is 1. The lowest BCUT2D eigenvalue weighted by atomic mass is 9.90. The Labute approximate surface area is 210 Å². The second-order valence-electron chi connectivity index (χ2n) is 8.92. The van der Waals surface area contributed by atoms with Crippen molar-refractivity contribution in [2.75, 3.05) is 18.4 Å². The van der Waals surface area contributed by atoms with Crippen LogP contribution in [-0.4, -0.2) is 37.6 Å². The van der Waals surface area contributed by atoms with Gasteiger partial charge in [0.25, 0.3) is 5.56 Å². The van der Waals surface area contributed by atoms with Crippen LogP contribution in [0, 0.1) is 11.8 Å². The summed E-state index contributed by atoms with van der Waals surface area (Å²) in [6, 6.07) is 10.2. The summed E-state index contributed by atoms with van der Waals surface area (Å²) in [5.41, 5.74) is 4.80. The number of anilines is 2. The first-order valence-corrected chi connectivity index (χ1v) is 12.3. The summed E-state index contributed by atoms with van der Waals surface area (Å²) < 4.78 is 1.64. The van der Waals surface area contributed by atoms with E-state index < -0.39 is 0 Å². The van der Waals surface area contributed by atoms with Gasteiger partial charge in [0.05, 0.1) is 12.1 Å². The predicted molar refractivity (Wildman–Crippen MR) is 141 cm³/mol. The first-order valence-electron chi connectivity index (χ1n) is 12.3. The molecule has 0 bridgehead atoms. The molecule has 3 aromatic heterocycles. The number of aromatic nitrogens is 5. The third-order valence-electron chi connectivity index (χ3n) is 6.61. The van der Waals surface area contributed by atoms with Crippen LogP contribution in [-0.2, 0) is 13.0 Å². The van der Waals surface area contributed by atoms with Gasteiger partial charge in [0, 0.05) is 34.7 Å². The highest BCUT2D eigenvalue weighted by Gasteiger charge is 2.16. The zero-order valence-electron chi connectivity index (χ0n) is 20.6. The summed E-state index contributed by atoms with van der Waals surface area (Å²) in [4.78, 5) is 31.2. The zero-order valence-corrected chi connectivity index (χ0v) is 20.6. The van der Waals surface area contributed by atoms with Gasteiger partial charge in [-0.3, -0.25) is 9.36 Å². The maximum Gasteiger partial charge on any atom is 0.268 e. The lowest BCUT2D eigenvalue weighted by Gasteiger charge is -2.23. The van der Waals surface area contributed by atoms with Gasteiger partial charge in [-0.05, 0) is 69.0 Å². The van der Waals surface area contributed by atoms with Gasteiger partial charge in [0.1, 0.15) is 12.0 Å². The van der Waals surface area contributed by atoms with Gasteiger partial charge in [-0.25, -0.2) is 15.0 Å². The van der Waals surface area contributed by atoms with Crippen molar-refractivity contribution in [2.45, 2.75) is 45.6 Å². The Morgan fingerprint density at radius 1 is 1.14 bits per heavy atom. The van der Waals surface area contributed by atoms with E-state index in [1.807, 2.05) is 6.92 Å². The average Bonchev–Trinajstić information content (AvgIpc) is 2.92. The molecule has 4 aromatic rings. The second kappa shape index (κ2) is 10.7. The van der Waals surface area contributed by atoms with Crippen LogP contribution in [0.1, 0.15) is 55.0 Å². The monoisotopic (exact) mass is 479 g/mol. The van der Waals surface area contributed by atoms with Crippen molar-refractivity contribution in [3.63, 3.8) is 0 Å². The number of fused-ring (bicyclic) bond motifs is 1. The maximum atomic E-state index is 13.4. The van der Waals surface area contributed by atoms with Gasteiger partial charge >= 0.3 is 0 Å². The second-order valence-corrected chi connectivity index (χ2v) is 8.92. The van der Waals surface area contributed by atoms with E-state index in [1.165, 1.54) is 11.9 Å². The minimum Gasteiger partial charge on any atom is -0.324 e. The molecule has 182 valence electrons. The predicted octanol–water partition coefficient (Wildman–Crippen LogP) is 3.77. The minimum absolute atomic E-state index is 0.196. The van der Waals surface area contributed by atoms with Crippen molar-refractivity contribution in [3.8, 4) is 11.8 Å². The molecule has 0 saturated carbocycles. The third kappa shape index (κ3) is 4.97. The van der Waals surface area contributed by atoms with Gasteiger partial charge in [-0.2, -0.15) is 4.98 Å². The number of nitrogens with zero attached hydrogens (tertiary/aromatic N) is 5. The van der Waals surface area contributed by atoms with E-state index in [1.54, 1.807) is 30.0 Å². The van der Waals surface area contributed by atoms with Gasteiger partial charge in [-0.1, -0.05) is 25.0 Å². The van der Waals surface area contributed by atoms with E-state index in [2.05, 4.69) is 61.7 Å². The Hall–Kier alpha value is -4.09. The molecule has 0 unspecified atom stereocenters. The van der Waals surface area contributed by atoms with Crippen molar-refractivity contribution >= 4 is 22.7 Å². The largest absolute Gasteiger partial charge is 0.324 e. The molecule has 1 aromatic carbocycles. The van der Waals surface area contributed by atoms with Crippen molar-refractivity contribution in [1.82, 2.24) is 29.8 Å². The van der Waals surface area contributed by atoms with Crippen molar-refractivity contribution in [2.24, 2.45) is 0 Å². The smallest absolute Gasteiger partial charge is 0.268 e. The fourth-order valence-electron chi connectivity index (χ4n) is 4.72. The highest BCUT2D eigenvalue weighted by Crippen LogP contribution is 2.27. The van der Waals surface area contributed by atoms with Crippen LogP contribution in [0.25, 0.3) is 11.0 Å². The fourth-order valence-corrected chi connectivity index (χ4v) is 4.72. The summed E-state index contributed by atoms with van der Waals surface area (Å²) in [7, 11) is 0. The quantitative estimate of drug-likeness (QED) is 0.406. The van der Waals surface area contributed by atoms with E-state index >= 15 is 0 Å². The van der Waals surface area contributed by atoms with Crippen LogP contribution >= 0.6 is 0 Å². The molecular formula is C28H29N7O. The molecular weight excluding hydrogens is 450 g/mol. The number of rotatable bonds is 6. The van der Waals surface area contributed by atoms with Crippen molar-refractivity contribution < 1.29 is 0 Å². The third-order valence-corrected chi connectivity index (χ3v) is 6.61. The first kappa shape index (κ1) is 23.6. The number of pyridine rings is 1. The minimum atomic E-state index is -0.196. The summed E-state index contributed by atoms with van der Waals surface area (Å²) in [5, 5.41) is 7.46. The van der Waals surface area contributed by atoms with Crippen LogP contribution in [0.3, 0.4) is 0 Å². The summed E-state index contributed by atoms with van der Waals surface area (Å²) in [5.74, 6) is 6.78. The highest BCUT2D eigenvalue weighted by molar-refractivity contribution is 5.77. The normalized spacial score (nSPS) is 13.8. The molecule has 1 aliphatic heterocycles. The number of aryl methyl sites for hydroxylation is 1. The molecule has 0 amide bonds. The standard InChI is InChI=1S/C28H29N7O/c1-3-5-21-14-22-16-31-28(33-24-8-6-19(7-9-24)20-10-12-29-13-11-20)34-26(22)35(27(21)36)17-23-15-30-18-32-25(23)4-2/h6-9,14-16,18,20,29H,4,10-13,17H2,1-2H3,(H,31,33,34). The average molecular weight is 480 g/mol. The van der Waals surface area contributed by atoms with Crippen molar-refractivity contribution in [1.29, 1.82) is 0 Å². The van der Waals surface area contributed by atoms with Gasteiger partial charge < -0.3 is 10.6 Å². The van der Waals surface area contributed by atoms with Gasteiger partial charge in [0.2, 0.25) is 5.95 Å². The highest BCUT2D eigenvalue weighted by atomic mass is 16.1. The molecule has 8 nitrogen and oxygen atoms in total. The van der Waals surface area contributed by atoms with E-state index in [0.29, 0.717) is 29.6 Å². The first-order chi connectivity index (χ1) is 17.7. The maximum absolute atomic E-state index is 13.4. The molecule has 1 fully saturated rings. The Bertz CT molecular complexity index is 1490. The van der Waals surface area contributed by atoms with Gasteiger partial charge in [-0.15, -0.1) is 5.92 Å². The molecule has 0 spiro atoms. The van der Waals surface area contributed by atoms with E-state index in [-0.39, 0.29) is 5.56 Å². The number of nitrogens with one attached hydrogen (secondary N) is 2. The Morgan fingerprint density at radius 2 is 1.94 bits per heavy atom. The molecule has 0 atom stereocenters. The Kier molecular flexibility index (Phi) is 7.01. The van der Waals surface area contributed by atoms with E-state index in [4.69, 9.17) is 4.98 Å². The molecule has 1 aliphatic rings. The van der Waals surface area contributed by atoms with Crippen molar-refractivity contribution in [3.05, 3.63) is 81.8 Å².